The molecule has 1 nitrogen and oxygen atoms in total. The highest BCUT2D eigenvalue weighted by atomic mass is 14.7. The minimum atomic E-state index is 0.273. The van der Waals surface area contributed by atoms with Crippen molar-refractivity contribution in [2.75, 3.05) is 0 Å². The molecule has 3 rings (SSSR count). The third-order valence-corrected chi connectivity index (χ3v) is 4.20. The summed E-state index contributed by atoms with van der Waals surface area (Å²) >= 11 is 0. The van der Waals surface area contributed by atoms with E-state index >= 15 is 0 Å². The van der Waals surface area contributed by atoms with Crippen LogP contribution >= 0.6 is 0 Å². The molecule has 24 heavy (non-hydrogen) atoms. The first kappa shape index (κ1) is 16.4. The van der Waals surface area contributed by atoms with Gasteiger partial charge in [-0.25, -0.2) is 0 Å². The Morgan fingerprint density at radius 1 is 0.792 bits per heavy atom. The second kappa shape index (κ2) is 6.60. The lowest BCUT2D eigenvalue weighted by Crippen LogP contribution is -2.10. The minimum absolute atomic E-state index is 0.273. The highest BCUT2D eigenvalue weighted by Gasteiger charge is 2.14. The van der Waals surface area contributed by atoms with Gasteiger partial charge in [0.1, 0.15) is 0 Å². The Hall–Kier alpha value is -2.41. The van der Waals surface area contributed by atoms with Crippen LogP contribution in [0.1, 0.15) is 31.9 Å². The van der Waals surface area contributed by atoms with E-state index in [4.69, 9.17) is 0 Å². The summed E-state index contributed by atoms with van der Waals surface area (Å²) in [6, 6.07) is 21.4. The van der Waals surface area contributed by atoms with Gasteiger partial charge >= 0.3 is 0 Å². The predicted octanol–water partition coefficient (Wildman–Crippen LogP) is 6.31. The smallest absolute Gasteiger partial charge is 0.0705 e. The molecular weight excluding hydrogens is 290 g/mol. The Balaban J connectivity index is 1.99. The molecule has 0 aliphatic rings. The molecule has 0 N–H and O–H groups in total. The van der Waals surface area contributed by atoms with Gasteiger partial charge in [-0.05, 0) is 53.1 Å². The largest absolute Gasteiger partial charge is 0.256 e. The average Bonchev–Trinajstić information content (AvgIpc) is 2.57. The van der Waals surface area contributed by atoms with Crippen molar-refractivity contribution in [3.63, 3.8) is 0 Å². The summed E-state index contributed by atoms with van der Waals surface area (Å²) in [5.41, 5.74) is 7.62. The molecular formula is C23H25N. The van der Waals surface area contributed by atoms with Crippen molar-refractivity contribution in [2.24, 2.45) is 5.41 Å². The molecule has 0 spiro atoms. The van der Waals surface area contributed by atoms with Crippen LogP contribution in [0, 0.1) is 12.3 Å². The zero-order chi connectivity index (χ0) is 17.2. The van der Waals surface area contributed by atoms with E-state index in [1.807, 2.05) is 12.3 Å². The van der Waals surface area contributed by atoms with Crippen molar-refractivity contribution >= 4 is 0 Å². The van der Waals surface area contributed by atoms with Gasteiger partial charge < -0.3 is 0 Å². The number of aryl methyl sites for hydroxylation is 1. The van der Waals surface area contributed by atoms with Crippen LogP contribution in [0.5, 0.6) is 0 Å². The van der Waals surface area contributed by atoms with Gasteiger partial charge in [-0.15, -0.1) is 0 Å². The maximum Gasteiger partial charge on any atom is 0.0705 e. The van der Waals surface area contributed by atoms with Gasteiger partial charge in [-0.2, -0.15) is 0 Å². The van der Waals surface area contributed by atoms with Gasteiger partial charge in [0.25, 0.3) is 0 Å². The van der Waals surface area contributed by atoms with Crippen LogP contribution < -0.4 is 0 Å². The molecule has 0 radical (unpaired) electrons. The van der Waals surface area contributed by atoms with Crippen LogP contribution in [0.3, 0.4) is 0 Å². The number of aromatic nitrogens is 1. The predicted molar refractivity (Wildman–Crippen MR) is 103 cm³/mol. The number of rotatable bonds is 3. The third kappa shape index (κ3) is 3.91. The Bertz CT molecular complexity index is 826. The molecule has 0 aliphatic heterocycles. The number of nitrogens with zero attached hydrogens (tertiary/aromatic N) is 1. The van der Waals surface area contributed by atoms with Crippen molar-refractivity contribution in [3.05, 3.63) is 78.0 Å². The Morgan fingerprint density at radius 3 is 2.17 bits per heavy atom. The number of pyridine rings is 1. The fourth-order valence-corrected chi connectivity index (χ4v) is 2.97. The fourth-order valence-electron chi connectivity index (χ4n) is 2.97. The number of hydrogen-bond donors (Lipinski definition) is 0. The monoisotopic (exact) mass is 315 g/mol. The summed E-state index contributed by atoms with van der Waals surface area (Å²) in [6.07, 6.45) is 3.07. The maximum absolute atomic E-state index is 4.67. The lowest BCUT2D eigenvalue weighted by molar-refractivity contribution is 0.410. The lowest BCUT2D eigenvalue weighted by atomic mass is 9.86. The van der Waals surface area contributed by atoms with Crippen molar-refractivity contribution in [1.29, 1.82) is 0 Å². The van der Waals surface area contributed by atoms with Gasteiger partial charge in [0, 0.05) is 11.8 Å². The maximum atomic E-state index is 4.67. The number of hydrogen-bond acceptors (Lipinski definition) is 1. The molecule has 2 aromatic carbocycles. The second-order valence-corrected chi connectivity index (χ2v) is 7.68. The van der Waals surface area contributed by atoms with Crippen molar-refractivity contribution < 1.29 is 0 Å². The molecule has 0 aliphatic carbocycles. The van der Waals surface area contributed by atoms with E-state index in [2.05, 4.69) is 87.3 Å². The molecule has 0 saturated heterocycles. The van der Waals surface area contributed by atoms with E-state index in [0.717, 1.165) is 12.1 Å². The summed E-state index contributed by atoms with van der Waals surface area (Å²) in [5.74, 6) is 0. The third-order valence-electron chi connectivity index (χ3n) is 4.20. The molecule has 122 valence electrons. The van der Waals surface area contributed by atoms with Crippen LogP contribution in [0.25, 0.3) is 22.4 Å². The van der Waals surface area contributed by atoms with Gasteiger partial charge in [-0.1, -0.05) is 69.3 Å². The van der Waals surface area contributed by atoms with E-state index in [1.165, 1.54) is 27.8 Å². The molecule has 0 amide bonds. The number of benzene rings is 2. The molecule has 1 heteroatoms. The molecule has 0 bridgehead atoms. The molecule has 0 fully saturated rings. The topological polar surface area (TPSA) is 12.9 Å². The fraction of sp³-hybridized carbons (Fsp3) is 0.261. The van der Waals surface area contributed by atoms with Gasteiger partial charge in [0.2, 0.25) is 0 Å². The first-order valence-electron chi connectivity index (χ1n) is 8.54. The minimum Gasteiger partial charge on any atom is -0.256 e. The molecule has 1 aromatic heterocycles. The summed E-state index contributed by atoms with van der Waals surface area (Å²) in [7, 11) is 0. The van der Waals surface area contributed by atoms with Gasteiger partial charge in [-0.3, -0.25) is 4.98 Å². The summed E-state index contributed by atoms with van der Waals surface area (Å²) in [4.78, 5) is 4.67. The highest BCUT2D eigenvalue weighted by molar-refractivity contribution is 5.71. The van der Waals surface area contributed by atoms with Crippen LogP contribution in [0.2, 0.25) is 0 Å². The Kier molecular flexibility index (Phi) is 4.53. The van der Waals surface area contributed by atoms with E-state index in [9.17, 15) is 0 Å². The average molecular weight is 315 g/mol. The van der Waals surface area contributed by atoms with Crippen molar-refractivity contribution in [1.82, 2.24) is 4.98 Å². The normalized spacial score (nSPS) is 11.5. The van der Waals surface area contributed by atoms with E-state index in [0.29, 0.717) is 0 Å². The van der Waals surface area contributed by atoms with Crippen LogP contribution in [0.4, 0.5) is 0 Å². The molecule has 1 heterocycles. The molecule has 0 unspecified atom stereocenters. The van der Waals surface area contributed by atoms with E-state index in [-0.39, 0.29) is 5.41 Å². The van der Waals surface area contributed by atoms with Crippen LogP contribution in [-0.2, 0) is 6.42 Å². The first-order chi connectivity index (χ1) is 11.4. The lowest BCUT2D eigenvalue weighted by Gasteiger charge is -2.20. The highest BCUT2D eigenvalue weighted by Crippen LogP contribution is 2.28. The van der Waals surface area contributed by atoms with Crippen LogP contribution in [0.15, 0.2) is 66.9 Å². The quantitative estimate of drug-likeness (QED) is 0.551. The zero-order valence-electron chi connectivity index (χ0n) is 15.0. The molecule has 0 saturated carbocycles. The van der Waals surface area contributed by atoms with E-state index in [1.54, 1.807) is 0 Å². The standard InChI is InChI=1S/C23H25N/c1-17-16-24-22(14-21(17)15-23(2,3)4)20-12-8-11-19(13-20)18-9-6-5-7-10-18/h5-14,16H,15H2,1-4H3. The Morgan fingerprint density at radius 2 is 1.46 bits per heavy atom. The zero-order valence-corrected chi connectivity index (χ0v) is 15.0. The van der Waals surface area contributed by atoms with Crippen molar-refractivity contribution in [3.8, 4) is 22.4 Å². The van der Waals surface area contributed by atoms with Crippen molar-refractivity contribution in [2.45, 2.75) is 34.1 Å². The summed E-state index contributed by atoms with van der Waals surface area (Å²) in [6.45, 7) is 8.99. The molecule has 3 aromatic rings. The van der Waals surface area contributed by atoms with Gasteiger partial charge in [0.15, 0.2) is 0 Å². The molecule has 0 atom stereocenters. The first-order valence-corrected chi connectivity index (χ1v) is 8.54. The summed E-state index contributed by atoms with van der Waals surface area (Å²) < 4.78 is 0. The second-order valence-electron chi connectivity index (χ2n) is 7.68. The SMILES string of the molecule is Cc1cnc(-c2cccc(-c3ccccc3)c2)cc1CC(C)(C)C. The van der Waals surface area contributed by atoms with E-state index < -0.39 is 0 Å². The Labute approximate surface area is 145 Å². The van der Waals surface area contributed by atoms with Crippen LogP contribution in [-0.4, -0.2) is 4.98 Å². The summed E-state index contributed by atoms with van der Waals surface area (Å²) in [5, 5.41) is 0. The van der Waals surface area contributed by atoms with Gasteiger partial charge in [0.05, 0.1) is 5.69 Å².